The van der Waals surface area contributed by atoms with Crippen LogP contribution >= 0.6 is 11.6 Å². The summed E-state index contributed by atoms with van der Waals surface area (Å²) in [5.74, 6) is -0.440. The van der Waals surface area contributed by atoms with Crippen LogP contribution in [-0.2, 0) is 0 Å². The molecule has 1 fully saturated rings. The van der Waals surface area contributed by atoms with E-state index in [0.717, 1.165) is 18.4 Å². The van der Waals surface area contributed by atoms with E-state index in [1.807, 2.05) is 12.1 Å². The van der Waals surface area contributed by atoms with Gasteiger partial charge in [0.05, 0.1) is 0 Å². The van der Waals surface area contributed by atoms with Gasteiger partial charge >= 0.3 is 0 Å². The first-order valence-corrected chi connectivity index (χ1v) is 8.43. The molecular formula is C20H19ClF2. The van der Waals surface area contributed by atoms with Crippen LogP contribution in [0.5, 0.6) is 0 Å². The lowest BCUT2D eigenvalue weighted by molar-refractivity contribution is 0.376. The predicted octanol–water partition coefficient (Wildman–Crippen LogP) is 6.66. The fourth-order valence-corrected chi connectivity index (χ4v) is 3.58. The van der Waals surface area contributed by atoms with Gasteiger partial charge in [-0.1, -0.05) is 48.0 Å². The molecule has 0 aliphatic heterocycles. The molecule has 0 heterocycles. The number of rotatable bonds is 3. The number of allylic oxidation sites excluding steroid dienone is 1. The van der Waals surface area contributed by atoms with Crippen molar-refractivity contribution < 1.29 is 8.78 Å². The summed E-state index contributed by atoms with van der Waals surface area (Å²) in [6.45, 7) is 0. The zero-order chi connectivity index (χ0) is 16.2. The van der Waals surface area contributed by atoms with Gasteiger partial charge in [-0.3, -0.25) is 0 Å². The molecule has 120 valence electrons. The Hall–Kier alpha value is -1.67. The molecule has 0 atom stereocenters. The average molecular weight is 333 g/mol. The second-order valence-corrected chi connectivity index (χ2v) is 6.43. The SMILES string of the molecule is Fc1ccc(-c2ccc(C3CCC(C=CCl)CC3)cc2)cc1F. The molecule has 0 bridgehead atoms. The summed E-state index contributed by atoms with van der Waals surface area (Å²) in [5.41, 5.74) is 4.56. The van der Waals surface area contributed by atoms with Crippen molar-refractivity contribution in [3.63, 3.8) is 0 Å². The van der Waals surface area contributed by atoms with Crippen molar-refractivity contribution in [2.45, 2.75) is 31.6 Å². The summed E-state index contributed by atoms with van der Waals surface area (Å²) in [6, 6.07) is 12.2. The van der Waals surface area contributed by atoms with Crippen LogP contribution in [0.15, 0.2) is 54.1 Å². The Morgan fingerprint density at radius 3 is 2.09 bits per heavy atom. The monoisotopic (exact) mass is 332 g/mol. The summed E-state index contributed by atoms with van der Waals surface area (Å²) >= 11 is 5.65. The maximum Gasteiger partial charge on any atom is 0.159 e. The quantitative estimate of drug-likeness (QED) is 0.589. The predicted molar refractivity (Wildman–Crippen MR) is 91.5 cm³/mol. The Morgan fingerprint density at radius 2 is 1.48 bits per heavy atom. The van der Waals surface area contributed by atoms with Crippen molar-refractivity contribution in [1.82, 2.24) is 0 Å². The van der Waals surface area contributed by atoms with Crippen LogP contribution in [-0.4, -0.2) is 0 Å². The minimum Gasteiger partial charge on any atom is -0.204 e. The highest BCUT2D eigenvalue weighted by Crippen LogP contribution is 2.37. The fraction of sp³-hybridized carbons (Fsp3) is 0.300. The van der Waals surface area contributed by atoms with Gasteiger partial charge in [-0.2, -0.15) is 0 Å². The van der Waals surface area contributed by atoms with Crippen LogP contribution in [0.4, 0.5) is 8.78 Å². The number of benzene rings is 2. The lowest BCUT2D eigenvalue weighted by Crippen LogP contribution is -2.11. The highest BCUT2D eigenvalue weighted by atomic mass is 35.5. The van der Waals surface area contributed by atoms with Gasteiger partial charge in [0, 0.05) is 5.54 Å². The maximum absolute atomic E-state index is 13.3. The highest BCUT2D eigenvalue weighted by molar-refractivity contribution is 6.25. The fourth-order valence-electron chi connectivity index (χ4n) is 3.37. The molecule has 1 saturated carbocycles. The molecule has 3 rings (SSSR count). The first-order valence-electron chi connectivity index (χ1n) is 7.99. The zero-order valence-electron chi connectivity index (χ0n) is 12.8. The van der Waals surface area contributed by atoms with Gasteiger partial charge < -0.3 is 0 Å². The lowest BCUT2D eigenvalue weighted by atomic mass is 9.78. The number of hydrogen-bond donors (Lipinski definition) is 0. The first kappa shape index (κ1) is 16.2. The minimum atomic E-state index is -0.812. The van der Waals surface area contributed by atoms with Gasteiger partial charge in [-0.25, -0.2) is 8.78 Å². The topological polar surface area (TPSA) is 0 Å². The van der Waals surface area contributed by atoms with E-state index in [1.165, 1.54) is 30.5 Å². The summed E-state index contributed by atoms with van der Waals surface area (Å²) in [7, 11) is 0. The van der Waals surface area contributed by atoms with E-state index in [1.54, 1.807) is 11.6 Å². The van der Waals surface area contributed by atoms with Gasteiger partial charge in [0.1, 0.15) is 0 Å². The molecule has 0 saturated heterocycles. The highest BCUT2D eigenvalue weighted by Gasteiger charge is 2.20. The van der Waals surface area contributed by atoms with Gasteiger partial charge in [0.15, 0.2) is 11.6 Å². The minimum absolute atomic E-state index is 0.578. The second kappa shape index (κ2) is 7.27. The number of halogens is 3. The Balaban J connectivity index is 1.71. The van der Waals surface area contributed by atoms with Crippen LogP contribution in [0.2, 0.25) is 0 Å². The maximum atomic E-state index is 13.3. The Morgan fingerprint density at radius 1 is 0.826 bits per heavy atom. The molecular weight excluding hydrogens is 314 g/mol. The third-order valence-electron chi connectivity index (χ3n) is 4.75. The molecule has 0 radical (unpaired) electrons. The van der Waals surface area contributed by atoms with E-state index in [0.29, 0.717) is 17.4 Å². The standard InChI is InChI=1S/C20H19ClF2/c21-12-11-14-1-3-15(4-2-14)16-5-7-17(8-6-16)18-9-10-19(22)20(23)13-18/h5-15H,1-4H2. The molecule has 0 amide bonds. The van der Waals surface area contributed by atoms with E-state index >= 15 is 0 Å². The van der Waals surface area contributed by atoms with Gasteiger partial charge in [-0.15, -0.1) is 0 Å². The molecule has 0 N–H and O–H groups in total. The van der Waals surface area contributed by atoms with Crippen molar-refractivity contribution in [1.29, 1.82) is 0 Å². The first-order chi connectivity index (χ1) is 11.2. The molecule has 23 heavy (non-hydrogen) atoms. The largest absolute Gasteiger partial charge is 0.204 e. The van der Waals surface area contributed by atoms with E-state index < -0.39 is 11.6 Å². The summed E-state index contributed by atoms with van der Waals surface area (Å²) in [6.07, 6.45) is 6.74. The molecule has 3 heteroatoms. The van der Waals surface area contributed by atoms with Crippen LogP contribution in [0, 0.1) is 17.6 Å². The molecule has 1 aliphatic rings. The summed E-state index contributed by atoms with van der Waals surface area (Å²) in [5, 5.41) is 0. The molecule has 2 aromatic carbocycles. The van der Waals surface area contributed by atoms with Crippen molar-refractivity contribution in [2.75, 3.05) is 0 Å². The third kappa shape index (κ3) is 3.81. The van der Waals surface area contributed by atoms with Crippen molar-refractivity contribution >= 4 is 11.6 Å². The van der Waals surface area contributed by atoms with Crippen LogP contribution < -0.4 is 0 Å². The van der Waals surface area contributed by atoms with Crippen LogP contribution in [0.3, 0.4) is 0 Å². The van der Waals surface area contributed by atoms with Crippen LogP contribution in [0.1, 0.15) is 37.2 Å². The Bertz CT molecular complexity index is 683. The van der Waals surface area contributed by atoms with Gasteiger partial charge in [0.2, 0.25) is 0 Å². The summed E-state index contributed by atoms with van der Waals surface area (Å²) < 4.78 is 26.4. The summed E-state index contributed by atoms with van der Waals surface area (Å²) in [4.78, 5) is 0. The molecule has 0 unspecified atom stereocenters. The molecule has 0 nitrogen and oxygen atoms in total. The van der Waals surface area contributed by atoms with E-state index in [4.69, 9.17) is 11.6 Å². The van der Waals surface area contributed by atoms with E-state index in [-0.39, 0.29) is 0 Å². The van der Waals surface area contributed by atoms with Crippen molar-refractivity contribution in [3.05, 3.63) is 71.3 Å². The third-order valence-corrected chi connectivity index (χ3v) is 4.90. The zero-order valence-corrected chi connectivity index (χ0v) is 13.6. The Kier molecular flexibility index (Phi) is 5.12. The van der Waals surface area contributed by atoms with Gasteiger partial charge in [-0.05, 0) is 66.3 Å². The molecule has 2 aromatic rings. The van der Waals surface area contributed by atoms with Crippen LogP contribution in [0.25, 0.3) is 11.1 Å². The normalized spacial score (nSPS) is 21.7. The average Bonchev–Trinajstić information content (AvgIpc) is 2.59. The molecule has 1 aliphatic carbocycles. The van der Waals surface area contributed by atoms with Gasteiger partial charge in [0.25, 0.3) is 0 Å². The molecule has 0 aromatic heterocycles. The van der Waals surface area contributed by atoms with Crippen molar-refractivity contribution in [2.24, 2.45) is 5.92 Å². The van der Waals surface area contributed by atoms with E-state index in [9.17, 15) is 8.78 Å². The van der Waals surface area contributed by atoms with Crippen molar-refractivity contribution in [3.8, 4) is 11.1 Å². The lowest BCUT2D eigenvalue weighted by Gasteiger charge is -2.27. The second-order valence-electron chi connectivity index (χ2n) is 6.18. The van der Waals surface area contributed by atoms with E-state index in [2.05, 4.69) is 18.2 Å². The molecule has 0 spiro atoms. The smallest absolute Gasteiger partial charge is 0.159 e. The number of hydrogen-bond acceptors (Lipinski definition) is 0. The Labute approximate surface area is 140 Å².